The largest absolute Gasteiger partial charge is 0.508 e. The molecule has 1 heterocycles. The van der Waals surface area contributed by atoms with Gasteiger partial charge in [0.15, 0.2) is 0 Å². The number of phenols is 1. The molecule has 0 bridgehead atoms. The number of phenolic OH excluding ortho intramolecular Hbond substituents is 1. The van der Waals surface area contributed by atoms with Gasteiger partial charge in [0.1, 0.15) is 17.1 Å². The summed E-state index contributed by atoms with van der Waals surface area (Å²) in [5.41, 5.74) is 2.16. The summed E-state index contributed by atoms with van der Waals surface area (Å²) in [6, 6.07) is 3.68. The second-order valence-corrected chi connectivity index (χ2v) is 10.7. The third-order valence-electron chi connectivity index (χ3n) is 6.88. The van der Waals surface area contributed by atoms with E-state index in [9.17, 15) is 5.11 Å². The van der Waals surface area contributed by atoms with Crippen molar-refractivity contribution in [2.75, 3.05) is 0 Å². The number of aromatic hydroxyl groups is 1. The smallest absolute Gasteiger partial charge is 0.126 e. The van der Waals surface area contributed by atoms with Gasteiger partial charge in [0.05, 0.1) is 0 Å². The second-order valence-electron chi connectivity index (χ2n) is 10.7. The minimum absolute atomic E-state index is 0.0562. The number of rotatable bonds is 12. The van der Waals surface area contributed by atoms with Crippen molar-refractivity contribution in [3.8, 4) is 11.5 Å². The number of fused-ring (bicyclic) bond motifs is 1. The number of hydrogen-bond acceptors (Lipinski definition) is 2. The summed E-state index contributed by atoms with van der Waals surface area (Å²) < 4.78 is 6.44. The molecule has 1 aliphatic rings. The fourth-order valence-corrected chi connectivity index (χ4v) is 4.83. The van der Waals surface area contributed by atoms with Crippen LogP contribution in [0.25, 0.3) is 0 Å². The fraction of sp³-hybridized carbons (Fsp3) is 0.778. The molecule has 29 heavy (non-hydrogen) atoms. The van der Waals surface area contributed by atoms with Crippen LogP contribution < -0.4 is 4.74 Å². The summed E-state index contributed by atoms with van der Waals surface area (Å²) in [7, 11) is 0. The summed E-state index contributed by atoms with van der Waals surface area (Å²) in [5, 5.41) is 9.82. The van der Waals surface area contributed by atoms with E-state index in [2.05, 4.69) is 34.6 Å². The van der Waals surface area contributed by atoms with E-state index in [0.717, 1.165) is 53.9 Å². The van der Waals surface area contributed by atoms with E-state index in [-0.39, 0.29) is 5.60 Å². The Morgan fingerprint density at radius 3 is 2.14 bits per heavy atom. The molecule has 0 saturated carbocycles. The summed E-state index contributed by atoms with van der Waals surface area (Å²) >= 11 is 0. The van der Waals surface area contributed by atoms with Gasteiger partial charge in [0.25, 0.3) is 0 Å². The summed E-state index contributed by atoms with van der Waals surface area (Å²) in [5.74, 6) is 3.92. The zero-order valence-electron chi connectivity index (χ0n) is 20.0. The normalized spacial score (nSPS) is 20.9. The van der Waals surface area contributed by atoms with Crippen LogP contribution in [0.3, 0.4) is 0 Å². The van der Waals surface area contributed by atoms with E-state index < -0.39 is 0 Å². The van der Waals surface area contributed by atoms with Crippen molar-refractivity contribution in [3.05, 3.63) is 23.3 Å². The molecule has 2 nitrogen and oxygen atoms in total. The maximum atomic E-state index is 9.82. The first-order valence-electron chi connectivity index (χ1n) is 12.2. The Labute approximate surface area is 180 Å². The molecule has 0 spiro atoms. The Balaban J connectivity index is 1.65. The van der Waals surface area contributed by atoms with Crippen LogP contribution in [0.15, 0.2) is 12.1 Å². The van der Waals surface area contributed by atoms with Gasteiger partial charge in [0, 0.05) is 0 Å². The average Bonchev–Trinajstić information content (AvgIpc) is 2.62. The molecule has 0 saturated heterocycles. The Morgan fingerprint density at radius 2 is 1.52 bits per heavy atom. The number of ether oxygens (including phenoxy) is 1. The van der Waals surface area contributed by atoms with Gasteiger partial charge < -0.3 is 9.84 Å². The van der Waals surface area contributed by atoms with Gasteiger partial charge in [-0.1, -0.05) is 72.6 Å². The molecule has 1 aromatic carbocycles. The van der Waals surface area contributed by atoms with Crippen LogP contribution in [-0.2, 0) is 6.42 Å². The molecule has 2 heteroatoms. The molecule has 1 aromatic rings. The highest BCUT2D eigenvalue weighted by Gasteiger charge is 2.32. The van der Waals surface area contributed by atoms with Gasteiger partial charge in [-0.25, -0.2) is 0 Å². The van der Waals surface area contributed by atoms with Gasteiger partial charge in [-0.05, 0) is 80.5 Å². The molecule has 0 radical (unpaired) electrons. The van der Waals surface area contributed by atoms with Crippen LogP contribution in [0.2, 0.25) is 0 Å². The lowest BCUT2D eigenvalue weighted by molar-refractivity contribution is 0.0515. The van der Waals surface area contributed by atoms with Crippen LogP contribution in [0, 0.1) is 24.7 Å². The number of benzene rings is 1. The molecule has 1 aliphatic heterocycles. The first kappa shape index (κ1) is 24.1. The zero-order chi connectivity index (χ0) is 21.4. The Morgan fingerprint density at radius 1 is 0.931 bits per heavy atom. The second kappa shape index (κ2) is 11.3. The van der Waals surface area contributed by atoms with Crippen molar-refractivity contribution in [2.45, 2.75) is 118 Å². The lowest BCUT2D eigenvalue weighted by atomic mass is 9.85. The molecule has 166 valence electrons. The predicted octanol–water partition coefficient (Wildman–Crippen LogP) is 8.22. The molecule has 0 unspecified atom stereocenters. The minimum Gasteiger partial charge on any atom is -0.508 e. The molecule has 0 aliphatic carbocycles. The Kier molecular flexibility index (Phi) is 9.37. The standard InChI is InChI=1S/C27H46O2/c1-20(2)10-7-11-21(3)12-8-13-22(4)14-9-16-27(6)17-15-24-19-25(28)18-23(5)26(24)29-27/h18-22,28H,7-17H2,1-6H3/t21-,22+,27-/m1/s1. The van der Waals surface area contributed by atoms with Crippen LogP contribution in [0.5, 0.6) is 11.5 Å². The van der Waals surface area contributed by atoms with Crippen LogP contribution >= 0.6 is 0 Å². The van der Waals surface area contributed by atoms with Gasteiger partial charge in [-0.3, -0.25) is 0 Å². The van der Waals surface area contributed by atoms with E-state index in [4.69, 9.17) is 4.74 Å². The van der Waals surface area contributed by atoms with E-state index >= 15 is 0 Å². The minimum atomic E-state index is -0.0562. The predicted molar refractivity (Wildman–Crippen MR) is 125 cm³/mol. The van der Waals surface area contributed by atoms with Crippen LogP contribution in [-0.4, -0.2) is 10.7 Å². The van der Waals surface area contributed by atoms with Gasteiger partial charge in [0.2, 0.25) is 0 Å². The average molecular weight is 403 g/mol. The van der Waals surface area contributed by atoms with E-state index in [1.165, 1.54) is 51.4 Å². The third-order valence-corrected chi connectivity index (χ3v) is 6.88. The molecule has 0 aromatic heterocycles. The molecule has 0 amide bonds. The fourth-order valence-electron chi connectivity index (χ4n) is 4.83. The third kappa shape index (κ3) is 8.22. The van der Waals surface area contributed by atoms with E-state index in [0.29, 0.717) is 5.75 Å². The highest BCUT2D eigenvalue weighted by molar-refractivity contribution is 5.47. The highest BCUT2D eigenvalue weighted by atomic mass is 16.5. The lowest BCUT2D eigenvalue weighted by Crippen LogP contribution is -2.36. The van der Waals surface area contributed by atoms with Gasteiger partial charge in [-0.15, -0.1) is 0 Å². The maximum Gasteiger partial charge on any atom is 0.126 e. The summed E-state index contributed by atoms with van der Waals surface area (Å²) in [6.45, 7) is 13.8. The van der Waals surface area contributed by atoms with Gasteiger partial charge >= 0.3 is 0 Å². The van der Waals surface area contributed by atoms with Crippen molar-refractivity contribution < 1.29 is 9.84 Å². The maximum absolute atomic E-state index is 9.82. The first-order valence-corrected chi connectivity index (χ1v) is 12.2. The Hall–Kier alpha value is -1.18. The summed E-state index contributed by atoms with van der Waals surface area (Å²) in [4.78, 5) is 0. The zero-order valence-corrected chi connectivity index (χ0v) is 20.0. The van der Waals surface area contributed by atoms with Crippen LogP contribution in [0.1, 0.15) is 110 Å². The number of hydrogen-bond donors (Lipinski definition) is 1. The Bertz CT molecular complexity index is 621. The monoisotopic (exact) mass is 402 g/mol. The molecular formula is C27H46O2. The topological polar surface area (TPSA) is 29.5 Å². The SMILES string of the molecule is Cc1cc(O)cc2c1O[C@](C)(CCC[C@@H](C)CCC[C@H](C)CCCC(C)C)CC2. The summed E-state index contributed by atoms with van der Waals surface area (Å²) in [6.07, 6.45) is 14.1. The van der Waals surface area contributed by atoms with Crippen molar-refractivity contribution in [1.29, 1.82) is 0 Å². The lowest BCUT2D eigenvalue weighted by Gasteiger charge is -2.37. The van der Waals surface area contributed by atoms with Crippen molar-refractivity contribution in [1.82, 2.24) is 0 Å². The van der Waals surface area contributed by atoms with Crippen molar-refractivity contribution in [3.63, 3.8) is 0 Å². The van der Waals surface area contributed by atoms with Gasteiger partial charge in [-0.2, -0.15) is 0 Å². The highest BCUT2D eigenvalue weighted by Crippen LogP contribution is 2.40. The molecule has 2 rings (SSSR count). The molecular weight excluding hydrogens is 356 g/mol. The van der Waals surface area contributed by atoms with Crippen LogP contribution in [0.4, 0.5) is 0 Å². The van der Waals surface area contributed by atoms with Crippen molar-refractivity contribution in [2.24, 2.45) is 17.8 Å². The van der Waals surface area contributed by atoms with E-state index in [1.54, 1.807) is 0 Å². The first-order chi connectivity index (χ1) is 13.7. The molecule has 0 fully saturated rings. The number of aryl methyl sites for hydroxylation is 2. The quantitative estimate of drug-likeness (QED) is 0.381. The molecule has 3 atom stereocenters. The van der Waals surface area contributed by atoms with Crippen molar-refractivity contribution >= 4 is 0 Å². The van der Waals surface area contributed by atoms with E-state index in [1.807, 2.05) is 19.1 Å². The molecule has 1 N–H and O–H groups in total.